The number of aliphatic hydroxyl groups excluding tert-OH is 1. The molecule has 1 aliphatic rings. The van der Waals surface area contributed by atoms with Gasteiger partial charge in [0.1, 0.15) is 0 Å². The molecule has 16 heavy (non-hydrogen) atoms. The van der Waals surface area contributed by atoms with E-state index in [0.29, 0.717) is 12.1 Å². The maximum atomic E-state index is 11.9. The first-order valence-electron chi connectivity index (χ1n) is 5.45. The van der Waals surface area contributed by atoms with Crippen LogP contribution in [0, 0.1) is 0 Å². The molecule has 2 N–H and O–H groups in total. The van der Waals surface area contributed by atoms with E-state index >= 15 is 0 Å². The number of benzene rings is 1. The van der Waals surface area contributed by atoms with Crippen LogP contribution in [0.4, 0.5) is 5.69 Å². The van der Waals surface area contributed by atoms with Gasteiger partial charge in [-0.1, -0.05) is 0 Å². The van der Waals surface area contributed by atoms with Gasteiger partial charge in [-0.25, -0.2) is 0 Å². The molecular formula is C12H16N2O2. The average molecular weight is 220 g/mol. The summed E-state index contributed by atoms with van der Waals surface area (Å²) in [5.41, 5.74) is 3.02. The van der Waals surface area contributed by atoms with Crippen LogP contribution < -0.4 is 5.32 Å². The molecule has 1 aromatic carbocycles. The molecule has 0 atom stereocenters. The minimum Gasteiger partial charge on any atom is -0.395 e. The summed E-state index contributed by atoms with van der Waals surface area (Å²) in [6.45, 7) is 1.31. The molecule has 0 radical (unpaired) electrons. The fraction of sp³-hybridized carbons (Fsp3) is 0.417. The number of hydrogen-bond donors (Lipinski definition) is 2. The summed E-state index contributed by atoms with van der Waals surface area (Å²) in [6.07, 6.45) is 0.972. The second-order valence-corrected chi connectivity index (χ2v) is 4.00. The minimum absolute atomic E-state index is 0.00522. The molecule has 1 amide bonds. The highest BCUT2D eigenvalue weighted by molar-refractivity contribution is 5.94. The largest absolute Gasteiger partial charge is 0.395 e. The molecule has 86 valence electrons. The van der Waals surface area contributed by atoms with Gasteiger partial charge in [-0.3, -0.25) is 4.79 Å². The number of carbonyl (C=O) groups is 1. The van der Waals surface area contributed by atoms with Gasteiger partial charge in [0.25, 0.3) is 5.91 Å². The highest BCUT2D eigenvalue weighted by Gasteiger charge is 2.15. The first-order valence-corrected chi connectivity index (χ1v) is 5.45. The Bertz CT molecular complexity index is 404. The molecule has 0 saturated heterocycles. The number of rotatable bonds is 3. The number of carbonyl (C=O) groups excluding carboxylic acids is 1. The van der Waals surface area contributed by atoms with Crippen molar-refractivity contribution in [3.8, 4) is 0 Å². The zero-order valence-electron chi connectivity index (χ0n) is 9.36. The van der Waals surface area contributed by atoms with Gasteiger partial charge >= 0.3 is 0 Å². The Labute approximate surface area is 94.9 Å². The molecule has 1 heterocycles. The lowest BCUT2D eigenvalue weighted by molar-refractivity contribution is 0.0767. The van der Waals surface area contributed by atoms with Crippen molar-refractivity contribution in [2.45, 2.75) is 6.42 Å². The summed E-state index contributed by atoms with van der Waals surface area (Å²) in [4.78, 5) is 13.5. The number of nitrogens with zero attached hydrogens (tertiary/aromatic N) is 1. The zero-order valence-corrected chi connectivity index (χ0v) is 9.36. The highest BCUT2D eigenvalue weighted by Crippen LogP contribution is 2.23. The van der Waals surface area contributed by atoms with E-state index in [-0.39, 0.29) is 12.5 Å². The third-order valence-electron chi connectivity index (χ3n) is 2.84. The van der Waals surface area contributed by atoms with Crippen LogP contribution in [-0.4, -0.2) is 42.7 Å². The summed E-state index contributed by atoms with van der Waals surface area (Å²) in [5.74, 6) is -0.0382. The monoisotopic (exact) mass is 220 g/mol. The van der Waals surface area contributed by atoms with E-state index in [1.54, 1.807) is 7.05 Å². The molecule has 0 aromatic heterocycles. The van der Waals surface area contributed by atoms with E-state index in [1.807, 2.05) is 18.2 Å². The maximum Gasteiger partial charge on any atom is 0.253 e. The van der Waals surface area contributed by atoms with Crippen molar-refractivity contribution in [3.05, 3.63) is 29.3 Å². The number of amides is 1. The second-order valence-electron chi connectivity index (χ2n) is 4.00. The fourth-order valence-corrected chi connectivity index (χ4v) is 1.91. The Morgan fingerprint density at radius 3 is 3.12 bits per heavy atom. The SMILES string of the molecule is CN(CCO)C(=O)c1ccc2c(c1)CCN2. The number of hydrogen-bond acceptors (Lipinski definition) is 3. The van der Waals surface area contributed by atoms with Crippen LogP contribution in [0.15, 0.2) is 18.2 Å². The summed E-state index contributed by atoms with van der Waals surface area (Å²) >= 11 is 0. The van der Waals surface area contributed by atoms with Crippen molar-refractivity contribution in [1.82, 2.24) is 4.90 Å². The van der Waals surface area contributed by atoms with E-state index in [2.05, 4.69) is 5.32 Å². The van der Waals surface area contributed by atoms with E-state index in [4.69, 9.17) is 5.11 Å². The zero-order chi connectivity index (χ0) is 11.5. The topological polar surface area (TPSA) is 52.6 Å². The summed E-state index contributed by atoms with van der Waals surface area (Å²) in [6, 6.07) is 5.71. The van der Waals surface area contributed by atoms with Crippen LogP contribution in [0.1, 0.15) is 15.9 Å². The lowest BCUT2D eigenvalue weighted by atomic mass is 10.1. The van der Waals surface area contributed by atoms with E-state index in [9.17, 15) is 4.79 Å². The maximum absolute atomic E-state index is 11.9. The number of nitrogens with one attached hydrogen (secondary N) is 1. The lowest BCUT2D eigenvalue weighted by Crippen LogP contribution is -2.29. The van der Waals surface area contributed by atoms with Crippen molar-refractivity contribution in [2.75, 3.05) is 32.1 Å². The molecule has 4 nitrogen and oxygen atoms in total. The summed E-state index contributed by atoms with van der Waals surface area (Å²) < 4.78 is 0. The van der Waals surface area contributed by atoms with Gasteiger partial charge in [-0.05, 0) is 30.2 Å². The molecule has 0 saturated carbocycles. The van der Waals surface area contributed by atoms with Crippen LogP contribution in [0.2, 0.25) is 0 Å². The highest BCUT2D eigenvalue weighted by atomic mass is 16.3. The van der Waals surface area contributed by atoms with Crippen molar-refractivity contribution in [3.63, 3.8) is 0 Å². The quantitative estimate of drug-likeness (QED) is 0.789. The molecule has 1 aliphatic heterocycles. The number of aliphatic hydroxyl groups is 1. The summed E-state index contributed by atoms with van der Waals surface area (Å²) in [7, 11) is 1.70. The molecule has 0 spiro atoms. The van der Waals surface area contributed by atoms with Crippen LogP contribution in [-0.2, 0) is 6.42 Å². The first-order chi connectivity index (χ1) is 7.72. The Morgan fingerprint density at radius 2 is 2.38 bits per heavy atom. The molecule has 0 unspecified atom stereocenters. The predicted octanol–water partition coefficient (Wildman–Crippen LogP) is 0.719. The standard InChI is InChI=1S/C12H16N2O2/c1-14(6-7-15)12(16)10-2-3-11-9(8-10)4-5-13-11/h2-3,8,13,15H,4-7H2,1H3. The number of likely N-dealkylation sites (N-methyl/N-ethyl adjacent to an activating group) is 1. The van der Waals surface area contributed by atoms with Gasteiger partial charge in [-0.2, -0.15) is 0 Å². The second kappa shape index (κ2) is 4.53. The lowest BCUT2D eigenvalue weighted by Gasteiger charge is -2.16. The smallest absolute Gasteiger partial charge is 0.253 e. The molecule has 1 aromatic rings. The fourth-order valence-electron chi connectivity index (χ4n) is 1.91. The molecule has 0 bridgehead atoms. The van der Waals surface area contributed by atoms with Gasteiger partial charge in [0, 0.05) is 31.4 Å². The van der Waals surface area contributed by atoms with Crippen LogP contribution in [0.5, 0.6) is 0 Å². The molecule has 4 heteroatoms. The van der Waals surface area contributed by atoms with Gasteiger partial charge in [0.05, 0.1) is 6.61 Å². The van der Waals surface area contributed by atoms with Gasteiger partial charge in [-0.15, -0.1) is 0 Å². The Hall–Kier alpha value is -1.55. The first kappa shape index (κ1) is 11.0. The van der Waals surface area contributed by atoms with Gasteiger partial charge in [0.15, 0.2) is 0 Å². The van der Waals surface area contributed by atoms with Crippen molar-refractivity contribution >= 4 is 11.6 Å². The third-order valence-corrected chi connectivity index (χ3v) is 2.84. The van der Waals surface area contributed by atoms with Crippen molar-refractivity contribution in [2.24, 2.45) is 0 Å². The predicted molar refractivity (Wildman–Crippen MR) is 62.7 cm³/mol. The van der Waals surface area contributed by atoms with Crippen LogP contribution >= 0.6 is 0 Å². The van der Waals surface area contributed by atoms with E-state index < -0.39 is 0 Å². The number of anilines is 1. The molecule has 0 aliphatic carbocycles. The Balaban J connectivity index is 2.18. The minimum atomic E-state index is -0.0382. The van der Waals surface area contributed by atoms with Crippen molar-refractivity contribution in [1.29, 1.82) is 0 Å². The normalized spacial score (nSPS) is 13.1. The van der Waals surface area contributed by atoms with Gasteiger partial charge < -0.3 is 15.3 Å². The third kappa shape index (κ3) is 2.02. The van der Waals surface area contributed by atoms with Crippen LogP contribution in [0.25, 0.3) is 0 Å². The Kier molecular flexibility index (Phi) is 3.10. The molecule has 0 fully saturated rings. The van der Waals surface area contributed by atoms with Crippen molar-refractivity contribution < 1.29 is 9.90 Å². The molecule has 2 rings (SSSR count). The van der Waals surface area contributed by atoms with E-state index in [1.165, 1.54) is 10.5 Å². The molecular weight excluding hydrogens is 204 g/mol. The van der Waals surface area contributed by atoms with Gasteiger partial charge in [0.2, 0.25) is 0 Å². The Morgan fingerprint density at radius 1 is 1.56 bits per heavy atom. The average Bonchev–Trinajstić information content (AvgIpc) is 2.75. The van der Waals surface area contributed by atoms with Crippen LogP contribution in [0.3, 0.4) is 0 Å². The number of fused-ring (bicyclic) bond motifs is 1. The van der Waals surface area contributed by atoms with E-state index in [0.717, 1.165) is 18.7 Å². The summed E-state index contributed by atoms with van der Waals surface area (Å²) in [5, 5.41) is 12.0.